The smallest absolute Gasteiger partial charge is 0.226 e. The number of imidazole rings is 1. The van der Waals surface area contributed by atoms with Gasteiger partial charge < -0.3 is 15.0 Å². The maximum Gasteiger partial charge on any atom is 0.226 e. The molecule has 0 spiro atoms. The van der Waals surface area contributed by atoms with Crippen LogP contribution in [0.2, 0.25) is 0 Å². The molecule has 5 nitrogen and oxygen atoms in total. The Morgan fingerprint density at radius 1 is 1.50 bits per heavy atom. The average Bonchev–Trinajstić information content (AvgIpc) is 3.04. The SMILES string of the molecule is CC(NC(=O)C1CCOC1C)c1nc2ccccc2[nH]1. The van der Waals surface area contributed by atoms with Crippen LogP contribution in [0.5, 0.6) is 0 Å². The highest BCUT2D eigenvalue weighted by Crippen LogP contribution is 2.22. The van der Waals surface area contributed by atoms with Crippen LogP contribution in [0.1, 0.15) is 32.1 Å². The Hall–Kier alpha value is -1.88. The first-order valence-electron chi connectivity index (χ1n) is 7.02. The second kappa shape index (κ2) is 5.25. The van der Waals surface area contributed by atoms with Crippen molar-refractivity contribution in [2.45, 2.75) is 32.4 Å². The Labute approximate surface area is 117 Å². The van der Waals surface area contributed by atoms with Crippen molar-refractivity contribution in [1.82, 2.24) is 15.3 Å². The van der Waals surface area contributed by atoms with Gasteiger partial charge in [-0.1, -0.05) is 12.1 Å². The second-order valence-electron chi connectivity index (χ2n) is 5.34. The molecule has 5 heteroatoms. The molecule has 3 unspecified atom stereocenters. The molecule has 0 aliphatic carbocycles. The molecule has 1 aromatic carbocycles. The number of fused-ring (bicyclic) bond motifs is 1. The Bertz CT molecular complexity index is 589. The van der Waals surface area contributed by atoms with E-state index < -0.39 is 0 Å². The minimum Gasteiger partial charge on any atom is -0.378 e. The fourth-order valence-electron chi connectivity index (χ4n) is 2.64. The Morgan fingerprint density at radius 3 is 3.00 bits per heavy atom. The van der Waals surface area contributed by atoms with Gasteiger partial charge in [-0.15, -0.1) is 0 Å². The molecule has 1 fully saturated rings. The lowest BCUT2D eigenvalue weighted by Crippen LogP contribution is -2.36. The summed E-state index contributed by atoms with van der Waals surface area (Å²) in [6.07, 6.45) is 0.790. The van der Waals surface area contributed by atoms with E-state index in [0.717, 1.165) is 23.3 Å². The van der Waals surface area contributed by atoms with Crippen LogP contribution < -0.4 is 5.32 Å². The maximum atomic E-state index is 12.2. The van der Waals surface area contributed by atoms with Gasteiger partial charge in [0.1, 0.15) is 5.82 Å². The molecule has 1 saturated heterocycles. The number of nitrogens with zero attached hydrogens (tertiary/aromatic N) is 1. The minimum atomic E-state index is -0.136. The number of hydrogen-bond acceptors (Lipinski definition) is 3. The van der Waals surface area contributed by atoms with Crippen molar-refractivity contribution in [1.29, 1.82) is 0 Å². The van der Waals surface area contributed by atoms with Gasteiger partial charge in [-0.3, -0.25) is 4.79 Å². The molecular formula is C15H19N3O2. The highest BCUT2D eigenvalue weighted by molar-refractivity contribution is 5.80. The highest BCUT2D eigenvalue weighted by Gasteiger charge is 2.31. The Kier molecular flexibility index (Phi) is 3.44. The van der Waals surface area contributed by atoms with Crippen LogP contribution in [0.25, 0.3) is 11.0 Å². The third-order valence-electron chi connectivity index (χ3n) is 3.89. The molecule has 3 atom stereocenters. The normalized spacial score (nSPS) is 23.9. The van der Waals surface area contributed by atoms with E-state index in [1.807, 2.05) is 38.1 Å². The number of benzene rings is 1. The van der Waals surface area contributed by atoms with E-state index in [1.165, 1.54) is 0 Å². The van der Waals surface area contributed by atoms with E-state index in [2.05, 4.69) is 15.3 Å². The van der Waals surface area contributed by atoms with Crippen LogP contribution in [-0.2, 0) is 9.53 Å². The van der Waals surface area contributed by atoms with E-state index in [9.17, 15) is 4.79 Å². The molecular weight excluding hydrogens is 254 g/mol. The zero-order valence-electron chi connectivity index (χ0n) is 11.7. The van der Waals surface area contributed by atoms with Crippen LogP contribution in [0, 0.1) is 5.92 Å². The molecule has 2 heterocycles. The van der Waals surface area contributed by atoms with Gasteiger partial charge in [0.15, 0.2) is 0 Å². The van der Waals surface area contributed by atoms with E-state index in [0.29, 0.717) is 6.61 Å². The predicted molar refractivity (Wildman–Crippen MR) is 76.2 cm³/mol. The lowest BCUT2D eigenvalue weighted by atomic mass is 10.0. The molecule has 2 N–H and O–H groups in total. The van der Waals surface area contributed by atoms with Gasteiger partial charge in [-0.2, -0.15) is 0 Å². The van der Waals surface area contributed by atoms with E-state index >= 15 is 0 Å². The molecule has 0 radical (unpaired) electrons. The third kappa shape index (κ3) is 2.41. The van der Waals surface area contributed by atoms with Crippen LogP contribution in [0.3, 0.4) is 0 Å². The van der Waals surface area contributed by atoms with Crippen molar-refractivity contribution in [3.05, 3.63) is 30.1 Å². The molecule has 1 aliphatic rings. The number of carbonyl (C=O) groups excluding carboxylic acids is 1. The summed E-state index contributed by atoms with van der Waals surface area (Å²) in [7, 11) is 0. The van der Waals surface area contributed by atoms with Crippen LogP contribution in [0.4, 0.5) is 0 Å². The fourth-order valence-corrected chi connectivity index (χ4v) is 2.64. The van der Waals surface area contributed by atoms with E-state index in [1.54, 1.807) is 0 Å². The molecule has 1 aliphatic heterocycles. The molecule has 0 bridgehead atoms. The standard InChI is InChI=1S/C15H19N3O2/c1-9(16-15(19)11-7-8-20-10(11)2)14-17-12-5-3-4-6-13(12)18-14/h3-6,9-11H,7-8H2,1-2H3,(H,16,19)(H,17,18). The number of ether oxygens (including phenoxy) is 1. The van der Waals surface area contributed by atoms with Crippen LogP contribution >= 0.6 is 0 Å². The van der Waals surface area contributed by atoms with Crippen molar-refractivity contribution in [2.24, 2.45) is 5.92 Å². The number of carbonyl (C=O) groups is 1. The molecule has 1 aromatic heterocycles. The molecule has 106 valence electrons. The number of nitrogens with one attached hydrogen (secondary N) is 2. The summed E-state index contributed by atoms with van der Waals surface area (Å²) in [6.45, 7) is 4.55. The number of aromatic nitrogens is 2. The number of rotatable bonds is 3. The van der Waals surface area contributed by atoms with Gasteiger partial charge in [-0.25, -0.2) is 4.98 Å². The predicted octanol–water partition coefficient (Wildman–Crippen LogP) is 2.17. The largest absolute Gasteiger partial charge is 0.378 e. The first-order valence-corrected chi connectivity index (χ1v) is 7.02. The second-order valence-corrected chi connectivity index (χ2v) is 5.34. The van der Waals surface area contributed by atoms with Crippen LogP contribution in [0.15, 0.2) is 24.3 Å². The van der Waals surface area contributed by atoms with Gasteiger partial charge in [0, 0.05) is 6.61 Å². The average molecular weight is 273 g/mol. The minimum absolute atomic E-state index is 0.00197. The summed E-state index contributed by atoms with van der Waals surface area (Å²) in [4.78, 5) is 20.0. The first-order chi connectivity index (χ1) is 9.65. The molecule has 2 aromatic rings. The molecule has 3 rings (SSSR count). The van der Waals surface area contributed by atoms with E-state index in [4.69, 9.17) is 4.74 Å². The lowest BCUT2D eigenvalue weighted by Gasteiger charge is -2.17. The van der Waals surface area contributed by atoms with Crippen molar-refractivity contribution >= 4 is 16.9 Å². The van der Waals surface area contributed by atoms with Gasteiger partial charge >= 0.3 is 0 Å². The summed E-state index contributed by atoms with van der Waals surface area (Å²) in [5.74, 6) is 0.774. The summed E-state index contributed by atoms with van der Waals surface area (Å²) in [5, 5.41) is 3.02. The quantitative estimate of drug-likeness (QED) is 0.900. The Morgan fingerprint density at radius 2 is 2.30 bits per heavy atom. The third-order valence-corrected chi connectivity index (χ3v) is 3.89. The summed E-state index contributed by atoms with van der Waals surface area (Å²) >= 11 is 0. The lowest BCUT2D eigenvalue weighted by molar-refractivity contribution is -0.127. The number of aromatic amines is 1. The number of para-hydroxylation sites is 2. The topological polar surface area (TPSA) is 67.0 Å². The van der Waals surface area contributed by atoms with Crippen molar-refractivity contribution in [3.63, 3.8) is 0 Å². The zero-order chi connectivity index (χ0) is 14.1. The van der Waals surface area contributed by atoms with Gasteiger partial charge in [0.25, 0.3) is 0 Å². The first kappa shape index (κ1) is 13.1. The molecule has 20 heavy (non-hydrogen) atoms. The summed E-state index contributed by atoms with van der Waals surface area (Å²) in [6, 6.07) is 7.71. The van der Waals surface area contributed by atoms with Crippen LogP contribution in [-0.4, -0.2) is 28.6 Å². The number of hydrogen-bond donors (Lipinski definition) is 2. The van der Waals surface area contributed by atoms with Gasteiger partial charge in [-0.05, 0) is 32.4 Å². The van der Waals surface area contributed by atoms with Crippen molar-refractivity contribution in [2.75, 3.05) is 6.61 Å². The fraction of sp³-hybridized carbons (Fsp3) is 0.467. The van der Waals surface area contributed by atoms with Gasteiger partial charge in [0.2, 0.25) is 5.91 Å². The van der Waals surface area contributed by atoms with Gasteiger partial charge in [0.05, 0.1) is 29.1 Å². The summed E-state index contributed by atoms with van der Waals surface area (Å²) < 4.78 is 5.44. The molecule has 1 amide bonds. The molecule has 0 saturated carbocycles. The number of H-pyrrole nitrogens is 1. The number of amides is 1. The maximum absolute atomic E-state index is 12.2. The monoisotopic (exact) mass is 273 g/mol. The van der Waals surface area contributed by atoms with Crippen molar-refractivity contribution in [3.8, 4) is 0 Å². The van der Waals surface area contributed by atoms with Crippen molar-refractivity contribution < 1.29 is 9.53 Å². The Balaban J connectivity index is 1.72. The summed E-state index contributed by atoms with van der Waals surface area (Å²) in [5.41, 5.74) is 1.90. The zero-order valence-corrected chi connectivity index (χ0v) is 11.7. The highest BCUT2D eigenvalue weighted by atomic mass is 16.5. The van der Waals surface area contributed by atoms with E-state index in [-0.39, 0.29) is 24.0 Å².